The van der Waals surface area contributed by atoms with Crippen molar-refractivity contribution in [3.63, 3.8) is 0 Å². The smallest absolute Gasteiger partial charge is 0.222 e. The molecule has 3 saturated heterocycles. The number of carbonyl (C=O) groups excluding carboxylic acids is 1. The Labute approximate surface area is 168 Å². The molecule has 6 heteroatoms. The molecular weight excluding hydrogens is 352 g/mol. The zero-order valence-corrected chi connectivity index (χ0v) is 17.6. The summed E-state index contributed by atoms with van der Waals surface area (Å²) in [6, 6.07) is 2.11. The average molecular weight is 387 g/mol. The summed E-state index contributed by atoms with van der Waals surface area (Å²) in [4.78, 5) is 26.4. The molecule has 0 radical (unpaired) electrons. The van der Waals surface area contributed by atoms with Gasteiger partial charge in [0.2, 0.25) is 5.91 Å². The predicted octanol–water partition coefficient (Wildman–Crippen LogP) is 3.30. The van der Waals surface area contributed by atoms with Gasteiger partial charge in [0.15, 0.2) is 0 Å². The summed E-state index contributed by atoms with van der Waals surface area (Å²) in [5, 5.41) is 0. The maximum atomic E-state index is 12.5. The van der Waals surface area contributed by atoms with E-state index in [1.54, 1.807) is 0 Å². The minimum Gasteiger partial charge on any atom is -0.376 e. The molecule has 3 aliphatic heterocycles. The number of aromatic nitrogens is 2. The standard InChI is InChI=1S/C22H34N4O2/c1-16(2)21-23-17(3)13-19(24-21)25-10-8-22(9-11-25)7-6-20(27)26(15-22)14-18-5-4-12-28-18/h13,16,18H,4-12,14-15H2,1-3H3/t18-/m0/s1. The Morgan fingerprint density at radius 3 is 2.71 bits per heavy atom. The Kier molecular flexibility index (Phi) is 5.59. The molecule has 0 aliphatic carbocycles. The molecule has 6 nitrogen and oxygen atoms in total. The van der Waals surface area contributed by atoms with Gasteiger partial charge >= 0.3 is 0 Å². The molecule has 1 atom stereocenters. The summed E-state index contributed by atoms with van der Waals surface area (Å²) in [5.74, 6) is 2.65. The Morgan fingerprint density at radius 2 is 2.04 bits per heavy atom. The van der Waals surface area contributed by atoms with Crippen molar-refractivity contribution in [1.29, 1.82) is 0 Å². The summed E-state index contributed by atoms with van der Waals surface area (Å²) in [6.07, 6.45) is 6.44. The largest absolute Gasteiger partial charge is 0.376 e. The zero-order chi connectivity index (χ0) is 19.7. The lowest BCUT2D eigenvalue weighted by Gasteiger charge is -2.48. The first kappa shape index (κ1) is 19.6. The number of anilines is 1. The van der Waals surface area contributed by atoms with Gasteiger partial charge in [0.05, 0.1) is 6.10 Å². The van der Waals surface area contributed by atoms with E-state index < -0.39 is 0 Å². The molecule has 0 saturated carbocycles. The van der Waals surface area contributed by atoms with Crippen LogP contribution in [0.1, 0.15) is 69.8 Å². The number of ether oxygens (including phenoxy) is 1. The highest BCUT2D eigenvalue weighted by molar-refractivity contribution is 5.77. The molecule has 3 aliphatic rings. The van der Waals surface area contributed by atoms with Crippen LogP contribution in [0.2, 0.25) is 0 Å². The van der Waals surface area contributed by atoms with Gasteiger partial charge in [0.1, 0.15) is 11.6 Å². The van der Waals surface area contributed by atoms with Crippen LogP contribution in [0.5, 0.6) is 0 Å². The number of rotatable bonds is 4. The van der Waals surface area contributed by atoms with Crippen LogP contribution in [0, 0.1) is 12.3 Å². The second-order valence-corrected chi connectivity index (χ2v) is 9.28. The number of carbonyl (C=O) groups is 1. The van der Waals surface area contributed by atoms with Crippen LogP contribution in [0.3, 0.4) is 0 Å². The maximum absolute atomic E-state index is 12.5. The normalized spacial score (nSPS) is 25.1. The maximum Gasteiger partial charge on any atom is 0.222 e. The third kappa shape index (κ3) is 4.17. The van der Waals surface area contributed by atoms with E-state index >= 15 is 0 Å². The number of piperidine rings is 2. The first-order valence-electron chi connectivity index (χ1n) is 10.9. The summed E-state index contributed by atoms with van der Waals surface area (Å²) in [7, 11) is 0. The Balaban J connectivity index is 1.41. The molecule has 0 N–H and O–H groups in total. The van der Waals surface area contributed by atoms with Gasteiger partial charge in [-0.1, -0.05) is 13.8 Å². The molecule has 0 aromatic carbocycles. The lowest BCUT2D eigenvalue weighted by atomic mass is 9.72. The van der Waals surface area contributed by atoms with Crippen LogP contribution < -0.4 is 4.90 Å². The Hall–Kier alpha value is -1.69. The van der Waals surface area contributed by atoms with E-state index in [9.17, 15) is 4.79 Å². The molecule has 1 aromatic heterocycles. The van der Waals surface area contributed by atoms with Crippen LogP contribution in [0.15, 0.2) is 6.07 Å². The first-order valence-corrected chi connectivity index (χ1v) is 10.9. The summed E-state index contributed by atoms with van der Waals surface area (Å²) in [5.41, 5.74) is 1.31. The fraction of sp³-hybridized carbons (Fsp3) is 0.773. The summed E-state index contributed by atoms with van der Waals surface area (Å²) >= 11 is 0. The van der Waals surface area contributed by atoms with Crippen LogP contribution in [0.25, 0.3) is 0 Å². The molecule has 154 valence electrons. The third-order valence-corrected chi connectivity index (χ3v) is 6.72. The third-order valence-electron chi connectivity index (χ3n) is 6.72. The molecule has 3 fully saturated rings. The molecule has 1 spiro atoms. The zero-order valence-electron chi connectivity index (χ0n) is 17.6. The highest BCUT2D eigenvalue weighted by Crippen LogP contribution is 2.41. The SMILES string of the molecule is Cc1cc(N2CCC3(CCC(=O)N(C[C@@H]4CCCO4)C3)CC2)nc(C(C)C)n1. The van der Waals surface area contributed by atoms with Gasteiger partial charge < -0.3 is 14.5 Å². The molecule has 4 heterocycles. The van der Waals surface area contributed by atoms with E-state index in [-0.39, 0.29) is 11.5 Å². The van der Waals surface area contributed by atoms with E-state index in [4.69, 9.17) is 9.72 Å². The van der Waals surface area contributed by atoms with E-state index in [2.05, 4.69) is 41.6 Å². The summed E-state index contributed by atoms with van der Waals surface area (Å²) in [6.45, 7) is 10.9. The monoisotopic (exact) mass is 386 g/mol. The van der Waals surface area contributed by atoms with Gasteiger partial charge in [0, 0.05) is 56.9 Å². The number of hydrogen-bond acceptors (Lipinski definition) is 5. The van der Waals surface area contributed by atoms with Crippen molar-refractivity contribution in [2.45, 2.75) is 71.3 Å². The topological polar surface area (TPSA) is 58.6 Å². The van der Waals surface area contributed by atoms with Gasteiger partial charge in [-0.15, -0.1) is 0 Å². The van der Waals surface area contributed by atoms with Crippen molar-refractivity contribution >= 4 is 11.7 Å². The van der Waals surface area contributed by atoms with Crippen LogP contribution >= 0.6 is 0 Å². The van der Waals surface area contributed by atoms with Crippen molar-refractivity contribution in [2.75, 3.05) is 37.7 Å². The van der Waals surface area contributed by atoms with Crippen LogP contribution in [0.4, 0.5) is 5.82 Å². The van der Waals surface area contributed by atoms with E-state index in [1.807, 2.05) is 0 Å². The lowest BCUT2D eigenvalue weighted by molar-refractivity contribution is -0.140. The van der Waals surface area contributed by atoms with Crippen molar-refractivity contribution in [2.24, 2.45) is 5.41 Å². The van der Waals surface area contributed by atoms with Gasteiger partial charge in [-0.2, -0.15) is 0 Å². The van der Waals surface area contributed by atoms with E-state index in [1.165, 1.54) is 0 Å². The van der Waals surface area contributed by atoms with Crippen LogP contribution in [-0.4, -0.2) is 59.7 Å². The quantitative estimate of drug-likeness (QED) is 0.795. The second-order valence-electron chi connectivity index (χ2n) is 9.28. The fourth-order valence-corrected chi connectivity index (χ4v) is 4.92. The van der Waals surface area contributed by atoms with Crippen molar-refractivity contribution in [1.82, 2.24) is 14.9 Å². The molecule has 0 unspecified atom stereocenters. The second kappa shape index (κ2) is 7.97. The average Bonchev–Trinajstić information content (AvgIpc) is 3.18. The first-order chi connectivity index (χ1) is 13.4. The number of nitrogens with zero attached hydrogens (tertiary/aromatic N) is 4. The lowest BCUT2D eigenvalue weighted by Crippen LogP contribution is -2.53. The highest BCUT2D eigenvalue weighted by atomic mass is 16.5. The van der Waals surface area contributed by atoms with Gasteiger partial charge in [0.25, 0.3) is 0 Å². The van der Waals surface area contributed by atoms with Crippen molar-refractivity contribution < 1.29 is 9.53 Å². The fourth-order valence-electron chi connectivity index (χ4n) is 4.92. The molecular formula is C22H34N4O2. The molecule has 1 aromatic rings. The number of amides is 1. The number of aryl methyl sites for hydroxylation is 1. The Bertz CT molecular complexity index is 706. The number of likely N-dealkylation sites (tertiary alicyclic amines) is 1. The molecule has 4 rings (SSSR count). The predicted molar refractivity (Wildman–Crippen MR) is 110 cm³/mol. The summed E-state index contributed by atoms with van der Waals surface area (Å²) < 4.78 is 5.78. The van der Waals surface area contributed by atoms with Gasteiger partial charge in [-0.25, -0.2) is 9.97 Å². The van der Waals surface area contributed by atoms with Crippen molar-refractivity contribution in [3.8, 4) is 0 Å². The van der Waals surface area contributed by atoms with E-state index in [0.717, 1.165) is 82.2 Å². The van der Waals surface area contributed by atoms with Crippen LogP contribution in [-0.2, 0) is 9.53 Å². The molecule has 0 bridgehead atoms. The highest BCUT2D eigenvalue weighted by Gasteiger charge is 2.42. The van der Waals surface area contributed by atoms with E-state index in [0.29, 0.717) is 18.2 Å². The van der Waals surface area contributed by atoms with Gasteiger partial charge in [-0.05, 0) is 44.4 Å². The van der Waals surface area contributed by atoms with Gasteiger partial charge in [-0.3, -0.25) is 4.79 Å². The number of hydrogen-bond donors (Lipinski definition) is 0. The molecule has 1 amide bonds. The molecule has 28 heavy (non-hydrogen) atoms. The minimum atomic E-state index is 0.248. The van der Waals surface area contributed by atoms with Crippen molar-refractivity contribution in [3.05, 3.63) is 17.6 Å². The Morgan fingerprint density at radius 1 is 1.25 bits per heavy atom. The minimum absolute atomic E-state index is 0.248.